The molecule has 1 aliphatic carbocycles. The molecule has 1 heterocycles. The Kier molecular flexibility index (Phi) is 2.53. The molecule has 14 heavy (non-hydrogen) atoms. The van der Waals surface area contributed by atoms with E-state index in [2.05, 4.69) is 13.0 Å². The highest BCUT2D eigenvalue weighted by Gasteiger charge is 2.44. The molecule has 0 unspecified atom stereocenters. The third-order valence-electron chi connectivity index (χ3n) is 3.88. The van der Waals surface area contributed by atoms with Crippen LogP contribution in [0.5, 0.6) is 0 Å². The molecule has 1 saturated carbocycles. The van der Waals surface area contributed by atoms with Crippen molar-refractivity contribution in [2.45, 2.75) is 57.5 Å². The molecule has 2 aliphatic rings. The fraction of sp³-hybridized carbons (Fsp3) is 0.917. The van der Waals surface area contributed by atoms with Crippen LogP contribution in [0.25, 0.3) is 0 Å². The lowest BCUT2D eigenvalue weighted by molar-refractivity contribution is -0.117. The van der Waals surface area contributed by atoms with Crippen molar-refractivity contribution < 1.29 is 4.74 Å². The summed E-state index contributed by atoms with van der Waals surface area (Å²) in [6.45, 7) is 3.11. The lowest BCUT2D eigenvalue weighted by Crippen LogP contribution is -2.42. The van der Waals surface area contributed by atoms with Gasteiger partial charge in [0.1, 0.15) is 0 Å². The standard InChI is InChI=1S/C12H19NO/c1-11(6-8-13)7-9-14-12(10-11)4-2-3-5-12/h2-7,9-10H2,1H3/t11-/m0/s1. The van der Waals surface area contributed by atoms with Crippen LogP contribution in [-0.4, -0.2) is 12.2 Å². The number of ether oxygens (including phenoxy) is 1. The second-order valence-electron chi connectivity index (χ2n) is 5.31. The number of hydrogen-bond acceptors (Lipinski definition) is 2. The predicted molar refractivity (Wildman–Crippen MR) is 54.7 cm³/mol. The van der Waals surface area contributed by atoms with Gasteiger partial charge in [0.2, 0.25) is 0 Å². The fourth-order valence-electron chi connectivity index (χ4n) is 3.11. The molecule has 1 atom stereocenters. The quantitative estimate of drug-likeness (QED) is 0.641. The van der Waals surface area contributed by atoms with Crippen LogP contribution in [0.4, 0.5) is 0 Å². The summed E-state index contributed by atoms with van der Waals surface area (Å²) < 4.78 is 5.96. The summed E-state index contributed by atoms with van der Waals surface area (Å²) in [7, 11) is 0. The molecule has 78 valence electrons. The van der Waals surface area contributed by atoms with Crippen molar-refractivity contribution >= 4 is 0 Å². The molecule has 2 rings (SSSR count). The maximum atomic E-state index is 8.82. The Balaban J connectivity index is 2.06. The minimum atomic E-state index is 0.157. The Bertz CT molecular complexity index is 250. The van der Waals surface area contributed by atoms with Gasteiger partial charge in [0, 0.05) is 13.0 Å². The average molecular weight is 193 g/mol. The van der Waals surface area contributed by atoms with Crippen molar-refractivity contribution in [2.75, 3.05) is 6.61 Å². The van der Waals surface area contributed by atoms with Crippen molar-refractivity contribution in [1.29, 1.82) is 5.26 Å². The highest BCUT2D eigenvalue weighted by molar-refractivity contribution is 4.98. The first-order chi connectivity index (χ1) is 6.68. The Morgan fingerprint density at radius 1 is 1.29 bits per heavy atom. The first kappa shape index (κ1) is 9.98. The first-order valence-corrected chi connectivity index (χ1v) is 5.69. The van der Waals surface area contributed by atoms with E-state index in [1.54, 1.807) is 0 Å². The van der Waals surface area contributed by atoms with Crippen molar-refractivity contribution in [2.24, 2.45) is 5.41 Å². The summed E-state index contributed by atoms with van der Waals surface area (Å²) in [5, 5.41) is 8.82. The van der Waals surface area contributed by atoms with Gasteiger partial charge in [0.05, 0.1) is 11.7 Å². The second-order valence-corrected chi connectivity index (χ2v) is 5.31. The van der Waals surface area contributed by atoms with Crippen LogP contribution in [-0.2, 0) is 4.74 Å². The average Bonchev–Trinajstić information content (AvgIpc) is 2.52. The van der Waals surface area contributed by atoms with E-state index in [1.807, 2.05) is 0 Å². The molecule has 0 radical (unpaired) electrons. The summed E-state index contributed by atoms with van der Waals surface area (Å²) in [6.07, 6.45) is 7.90. The number of nitrogens with zero attached hydrogens (tertiary/aromatic N) is 1. The molecular weight excluding hydrogens is 174 g/mol. The van der Waals surface area contributed by atoms with Crippen LogP contribution in [0, 0.1) is 16.7 Å². The molecule has 0 bridgehead atoms. The van der Waals surface area contributed by atoms with E-state index < -0.39 is 0 Å². The third kappa shape index (κ3) is 1.79. The maximum Gasteiger partial charge on any atom is 0.0688 e. The summed E-state index contributed by atoms with van der Waals surface area (Å²) in [5.74, 6) is 0. The fourth-order valence-corrected chi connectivity index (χ4v) is 3.11. The van der Waals surface area contributed by atoms with E-state index in [9.17, 15) is 0 Å². The second kappa shape index (κ2) is 3.55. The summed E-state index contributed by atoms with van der Waals surface area (Å²) in [4.78, 5) is 0. The normalized spacial score (nSPS) is 35.7. The van der Waals surface area contributed by atoms with Gasteiger partial charge in [0.25, 0.3) is 0 Å². The van der Waals surface area contributed by atoms with Crippen LogP contribution in [0.3, 0.4) is 0 Å². The highest BCUT2D eigenvalue weighted by atomic mass is 16.5. The van der Waals surface area contributed by atoms with Gasteiger partial charge >= 0.3 is 0 Å². The van der Waals surface area contributed by atoms with Crippen molar-refractivity contribution in [3.63, 3.8) is 0 Å². The first-order valence-electron chi connectivity index (χ1n) is 5.69. The summed E-state index contributed by atoms with van der Waals surface area (Å²) >= 11 is 0. The molecule has 0 amide bonds. The van der Waals surface area contributed by atoms with Crippen molar-refractivity contribution in [1.82, 2.24) is 0 Å². The molecule has 0 aromatic carbocycles. The molecule has 2 nitrogen and oxygen atoms in total. The van der Waals surface area contributed by atoms with E-state index in [-0.39, 0.29) is 11.0 Å². The zero-order valence-electron chi connectivity index (χ0n) is 9.01. The Morgan fingerprint density at radius 3 is 2.64 bits per heavy atom. The SMILES string of the molecule is C[C@]1(CC#N)CCOC2(CCCC2)C1. The van der Waals surface area contributed by atoms with Gasteiger partial charge < -0.3 is 4.74 Å². The van der Waals surface area contributed by atoms with Crippen molar-refractivity contribution in [3.8, 4) is 6.07 Å². The van der Waals surface area contributed by atoms with E-state index in [0.29, 0.717) is 6.42 Å². The van der Waals surface area contributed by atoms with Gasteiger partial charge in [-0.25, -0.2) is 0 Å². The maximum absolute atomic E-state index is 8.82. The molecule has 0 aromatic heterocycles. The van der Waals surface area contributed by atoms with E-state index in [0.717, 1.165) is 19.4 Å². The van der Waals surface area contributed by atoms with E-state index in [4.69, 9.17) is 10.00 Å². The topological polar surface area (TPSA) is 33.0 Å². The molecule has 0 aromatic rings. The smallest absolute Gasteiger partial charge is 0.0688 e. The molecule has 1 spiro atoms. The van der Waals surface area contributed by atoms with Gasteiger partial charge in [0.15, 0.2) is 0 Å². The molecule has 2 fully saturated rings. The van der Waals surface area contributed by atoms with Gasteiger partial charge in [-0.05, 0) is 31.1 Å². The Hall–Kier alpha value is -0.550. The Labute approximate surface area is 86.2 Å². The summed E-state index contributed by atoms with van der Waals surface area (Å²) in [5.41, 5.74) is 0.376. The third-order valence-corrected chi connectivity index (χ3v) is 3.88. The van der Waals surface area contributed by atoms with Crippen LogP contribution in [0.15, 0.2) is 0 Å². The Morgan fingerprint density at radius 2 is 2.00 bits per heavy atom. The minimum absolute atomic E-state index is 0.157. The van der Waals surface area contributed by atoms with Crippen molar-refractivity contribution in [3.05, 3.63) is 0 Å². The predicted octanol–water partition coefficient (Wildman–Crippen LogP) is 3.03. The van der Waals surface area contributed by atoms with Gasteiger partial charge in [-0.2, -0.15) is 5.26 Å². The van der Waals surface area contributed by atoms with Gasteiger partial charge in [-0.1, -0.05) is 19.8 Å². The van der Waals surface area contributed by atoms with Crippen LogP contribution in [0.2, 0.25) is 0 Å². The zero-order chi connectivity index (χ0) is 10.1. The van der Waals surface area contributed by atoms with Crippen LogP contribution < -0.4 is 0 Å². The van der Waals surface area contributed by atoms with Crippen LogP contribution >= 0.6 is 0 Å². The van der Waals surface area contributed by atoms with Gasteiger partial charge in [-0.3, -0.25) is 0 Å². The van der Waals surface area contributed by atoms with E-state index in [1.165, 1.54) is 25.7 Å². The number of hydrogen-bond donors (Lipinski definition) is 0. The lowest BCUT2D eigenvalue weighted by atomic mass is 9.72. The lowest BCUT2D eigenvalue weighted by Gasteiger charge is -2.43. The largest absolute Gasteiger partial charge is 0.375 e. The molecule has 1 saturated heterocycles. The molecule has 2 heteroatoms. The molecular formula is C12H19NO. The molecule has 1 aliphatic heterocycles. The van der Waals surface area contributed by atoms with E-state index >= 15 is 0 Å². The molecule has 0 N–H and O–H groups in total. The van der Waals surface area contributed by atoms with Crippen LogP contribution in [0.1, 0.15) is 51.9 Å². The number of nitriles is 1. The monoisotopic (exact) mass is 193 g/mol. The van der Waals surface area contributed by atoms with Gasteiger partial charge in [-0.15, -0.1) is 0 Å². The summed E-state index contributed by atoms with van der Waals surface area (Å²) in [6, 6.07) is 2.33. The minimum Gasteiger partial charge on any atom is -0.375 e. The zero-order valence-corrected chi connectivity index (χ0v) is 9.01. The number of rotatable bonds is 1. The highest BCUT2D eigenvalue weighted by Crippen LogP contribution is 2.48.